The van der Waals surface area contributed by atoms with E-state index in [0.29, 0.717) is 11.6 Å². The highest BCUT2D eigenvalue weighted by atomic mass is 15.4. The Bertz CT molecular complexity index is 571. The van der Waals surface area contributed by atoms with Gasteiger partial charge in [-0.15, -0.1) is 5.10 Å². The molecule has 2 aromatic heterocycles. The van der Waals surface area contributed by atoms with E-state index in [9.17, 15) is 0 Å². The Hall–Kier alpha value is -1.95. The molecular weight excluding hydrogens is 228 g/mol. The van der Waals surface area contributed by atoms with Gasteiger partial charge >= 0.3 is 0 Å². The van der Waals surface area contributed by atoms with Gasteiger partial charge in [0.25, 0.3) is 0 Å². The molecule has 3 heterocycles. The van der Waals surface area contributed by atoms with E-state index in [1.807, 2.05) is 19.1 Å². The van der Waals surface area contributed by atoms with E-state index in [-0.39, 0.29) is 0 Å². The van der Waals surface area contributed by atoms with Gasteiger partial charge in [-0.3, -0.25) is 0 Å². The summed E-state index contributed by atoms with van der Waals surface area (Å²) < 4.78 is 1.69. The molecule has 0 aromatic carbocycles. The minimum atomic E-state index is 0.676. The number of nitrogens with two attached hydrogens (primary N) is 1. The van der Waals surface area contributed by atoms with Gasteiger partial charge in [-0.1, -0.05) is 0 Å². The van der Waals surface area contributed by atoms with Crippen LogP contribution in [0.5, 0.6) is 0 Å². The molecule has 0 fully saturated rings. The van der Waals surface area contributed by atoms with E-state index in [4.69, 9.17) is 5.73 Å². The lowest BCUT2D eigenvalue weighted by Gasteiger charge is -2.21. The molecule has 0 radical (unpaired) electrons. The Balaban J connectivity index is 2.06. The van der Waals surface area contributed by atoms with Gasteiger partial charge in [0.05, 0.1) is 11.4 Å². The number of anilines is 1. The predicted octanol–water partition coefficient (Wildman–Crippen LogP) is 0.541. The molecule has 0 unspecified atom stereocenters. The van der Waals surface area contributed by atoms with Gasteiger partial charge in [0, 0.05) is 25.1 Å². The van der Waals surface area contributed by atoms with Gasteiger partial charge in [-0.2, -0.15) is 14.9 Å². The first-order valence-corrected chi connectivity index (χ1v) is 6.00. The van der Waals surface area contributed by atoms with Crippen molar-refractivity contribution in [1.82, 2.24) is 24.9 Å². The summed E-state index contributed by atoms with van der Waals surface area (Å²) in [6.07, 6.45) is 0.933. The molecule has 0 amide bonds. The first-order valence-electron chi connectivity index (χ1n) is 6.00. The van der Waals surface area contributed by atoms with Gasteiger partial charge in [-0.25, -0.2) is 0 Å². The van der Waals surface area contributed by atoms with Crippen LogP contribution in [0, 0.1) is 6.92 Å². The van der Waals surface area contributed by atoms with Crippen LogP contribution in [0.2, 0.25) is 0 Å². The number of aryl methyl sites for hydroxylation is 1. The lowest BCUT2D eigenvalue weighted by atomic mass is 10.1. The first-order chi connectivity index (χ1) is 8.65. The van der Waals surface area contributed by atoms with E-state index in [2.05, 4.69) is 27.2 Å². The molecule has 0 atom stereocenters. The monoisotopic (exact) mass is 244 g/mol. The first kappa shape index (κ1) is 11.2. The van der Waals surface area contributed by atoms with Crippen molar-refractivity contribution in [3.8, 4) is 5.82 Å². The molecule has 94 valence electrons. The third kappa shape index (κ3) is 1.74. The van der Waals surface area contributed by atoms with Crippen LogP contribution in [-0.2, 0) is 13.0 Å². The largest absolute Gasteiger partial charge is 0.383 e. The van der Waals surface area contributed by atoms with Crippen LogP contribution in [0.25, 0.3) is 5.82 Å². The van der Waals surface area contributed by atoms with Crippen molar-refractivity contribution in [3.63, 3.8) is 0 Å². The molecular formula is C12H16N6. The molecule has 1 aliphatic rings. The van der Waals surface area contributed by atoms with Crippen LogP contribution in [0.3, 0.4) is 0 Å². The Morgan fingerprint density at radius 3 is 2.83 bits per heavy atom. The second kappa shape index (κ2) is 4.06. The summed E-state index contributed by atoms with van der Waals surface area (Å²) in [5.41, 5.74) is 9.24. The lowest BCUT2D eigenvalue weighted by molar-refractivity contribution is 0.312. The Kier molecular flexibility index (Phi) is 2.52. The Morgan fingerprint density at radius 2 is 2.11 bits per heavy atom. The van der Waals surface area contributed by atoms with E-state index in [1.54, 1.807) is 4.68 Å². The minimum absolute atomic E-state index is 0.676. The van der Waals surface area contributed by atoms with Gasteiger partial charge in [-0.05, 0) is 26.1 Å². The maximum atomic E-state index is 6.16. The number of fused-ring (bicyclic) bond motifs is 1. The van der Waals surface area contributed by atoms with E-state index >= 15 is 0 Å². The van der Waals surface area contributed by atoms with Crippen LogP contribution < -0.4 is 5.73 Å². The standard InChI is InChI=1S/C12H16N6/c1-8-3-4-11(15-14-8)18-12(13)9-7-17(2)6-5-10(9)16-18/h3-4H,5-7,13H2,1-2H3. The fraction of sp³-hybridized carbons (Fsp3) is 0.417. The molecule has 0 saturated carbocycles. The summed E-state index contributed by atoms with van der Waals surface area (Å²) in [6.45, 7) is 3.77. The van der Waals surface area contributed by atoms with Crippen molar-refractivity contribution in [3.05, 3.63) is 29.1 Å². The SMILES string of the molecule is Cc1ccc(-n2nc3c(c2N)CN(C)CC3)nn1. The van der Waals surface area contributed by atoms with Crippen LogP contribution in [0.1, 0.15) is 17.0 Å². The number of rotatable bonds is 1. The third-order valence-corrected chi connectivity index (χ3v) is 3.27. The molecule has 6 heteroatoms. The zero-order valence-corrected chi connectivity index (χ0v) is 10.6. The van der Waals surface area contributed by atoms with Crippen molar-refractivity contribution in [2.75, 3.05) is 19.3 Å². The molecule has 0 saturated heterocycles. The average Bonchev–Trinajstić information content (AvgIpc) is 2.68. The van der Waals surface area contributed by atoms with Crippen LogP contribution in [-0.4, -0.2) is 38.5 Å². The number of aromatic nitrogens is 4. The van der Waals surface area contributed by atoms with E-state index in [1.165, 1.54) is 0 Å². The zero-order chi connectivity index (χ0) is 12.7. The molecule has 2 N–H and O–H groups in total. The highest BCUT2D eigenvalue weighted by molar-refractivity contribution is 5.48. The average molecular weight is 244 g/mol. The van der Waals surface area contributed by atoms with Crippen molar-refractivity contribution in [2.45, 2.75) is 19.9 Å². The molecule has 18 heavy (non-hydrogen) atoms. The maximum absolute atomic E-state index is 6.16. The molecule has 0 spiro atoms. The predicted molar refractivity (Wildman–Crippen MR) is 68.3 cm³/mol. The van der Waals surface area contributed by atoms with Gasteiger partial charge in [0.2, 0.25) is 0 Å². The van der Waals surface area contributed by atoms with Gasteiger partial charge < -0.3 is 10.6 Å². The maximum Gasteiger partial charge on any atom is 0.178 e. The second-order valence-corrected chi connectivity index (χ2v) is 4.74. The fourth-order valence-electron chi connectivity index (χ4n) is 2.21. The Morgan fingerprint density at radius 1 is 1.28 bits per heavy atom. The summed E-state index contributed by atoms with van der Waals surface area (Å²) in [5.74, 6) is 1.35. The van der Waals surface area contributed by atoms with Gasteiger partial charge in [0.1, 0.15) is 5.82 Å². The Labute approximate surface area is 105 Å². The van der Waals surface area contributed by atoms with Crippen molar-refractivity contribution in [1.29, 1.82) is 0 Å². The summed E-state index contributed by atoms with van der Waals surface area (Å²) in [6, 6.07) is 3.80. The topological polar surface area (TPSA) is 72.9 Å². The number of hydrogen-bond donors (Lipinski definition) is 1. The number of hydrogen-bond acceptors (Lipinski definition) is 5. The summed E-state index contributed by atoms with van der Waals surface area (Å²) in [4.78, 5) is 2.24. The number of nitrogen functional groups attached to an aromatic ring is 1. The molecule has 0 aliphatic carbocycles. The molecule has 6 nitrogen and oxygen atoms in total. The summed E-state index contributed by atoms with van der Waals surface area (Å²) in [7, 11) is 2.09. The third-order valence-electron chi connectivity index (χ3n) is 3.27. The number of likely N-dealkylation sites (N-methyl/N-ethyl adjacent to an activating group) is 1. The lowest BCUT2D eigenvalue weighted by Crippen LogP contribution is -2.26. The summed E-state index contributed by atoms with van der Waals surface area (Å²) in [5, 5.41) is 12.7. The zero-order valence-electron chi connectivity index (χ0n) is 10.6. The summed E-state index contributed by atoms with van der Waals surface area (Å²) >= 11 is 0. The van der Waals surface area contributed by atoms with E-state index < -0.39 is 0 Å². The molecule has 2 aromatic rings. The van der Waals surface area contributed by atoms with Crippen molar-refractivity contribution < 1.29 is 0 Å². The van der Waals surface area contributed by atoms with Crippen LogP contribution in [0.4, 0.5) is 5.82 Å². The van der Waals surface area contributed by atoms with E-state index in [0.717, 1.165) is 36.5 Å². The second-order valence-electron chi connectivity index (χ2n) is 4.74. The van der Waals surface area contributed by atoms with Gasteiger partial charge in [0.15, 0.2) is 5.82 Å². The molecule has 1 aliphatic heterocycles. The van der Waals surface area contributed by atoms with Crippen LogP contribution >= 0.6 is 0 Å². The smallest absolute Gasteiger partial charge is 0.178 e. The quantitative estimate of drug-likeness (QED) is 0.792. The minimum Gasteiger partial charge on any atom is -0.383 e. The highest BCUT2D eigenvalue weighted by Crippen LogP contribution is 2.24. The highest BCUT2D eigenvalue weighted by Gasteiger charge is 2.22. The molecule has 3 rings (SSSR count). The molecule has 0 bridgehead atoms. The normalized spacial score (nSPS) is 15.7. The van der Waals surface area contributed by atoms with Crippen molar-refractivity contribution >= 4 is 5.82 Å². The fourth-order valence-corrected chi connectivity index (χ4v) is 2.21. The number of nitrogens with zero attached hydrogens (tertiary/aromatic N) is 5. The van der Waals surface area contributed by atoms with Crippen molar-refractivity contribution in [2.24, 2.45) is 0 Å². The van der Waals surface area contributed by atoms with Crippen LogP contribution in [0.15, 0.2) is 12.1 Å².